The lowest BCUT2D eigenvalue weighted by atomic mass is 10.4. The zero-order valence-electron chi connectivity index (χ0n) is 9.21. The molecule has 0 spiro atoms. The fourth-order valence-corrected chi connectivity index (χ4v) is 4.65. The van der Waals surface area contributed by atoms with Gasteiger partial charge in [0.05, 0.1) is 0 Å². The summed E-state index contributed by atoms with van der Waals surface area (Å²) >= 11 is 7.43. The molecule has 2 rings (SSSR count). The third-order valence-electron chi connectivity index (χ3n) is 2.49. The molecule has 1 aliphatic heterocycles. The van der Waals surface area contributed by atoms with Crippen LogP contribution in [0.4, 0.5) is 5.82 Å². The Bertz CT molecular complexity index is 509. The highest BCUT2D eigenvalue weighted by atomic mass is 35.5. The van der Waals surface area contributed by atoms with E-state index in [0.717, 1.165) is 5.75 Å². The van der Waals surface area contributed by atoms with E-state index < -0.39 is 15.2 Å². The van der Waals surface area contributed by atoms with Crippen molar-refractivity contribution in [1.29, 1.82) is 0 Å². The molecule has 1 aromatic rings. The number of hydrogen-bond acceptors (Lipinski definition) is 6. The molecule has 17 heavy (non-hydrogen) atoms. The van der Waals surface area contributed by atoms with Crippen molar-refractivity contribution in [3.63, 3.8) is 0 Å². The summed E-state index contributed by atoms with van der Waals surface area (Å²) < 4.78 is 23.4. The van der Waals surface area contributed by atoms with Crippen LogP contribution in [0.1, 0.15) is 0 Å². The minimum absolute atomic E-state index is 0.320. The monoisotopic (exact) mass is 293 g/mol. The SMILES string of the molecule is CS(=O)(=O)C1CSCCN1c1cc(Cl)ncn1. The molecule has 0 saturated carbocycles. The number of hydrogen-bond donors (Lipinski definition) is 0. The van der Waals surface area contributed by atoms with Gasteiger partial charge < -0.3 is 4.90 Å². The Morgan fingerprint density at radius 2 is 2.29 bits per heavy atom. The first-order chi connectivity index (χ1) is 7.98. The van der Waals surface area contributed by atoms with Crippen molar-refractivity contribution >= 4 is 39.0 Å². The zero-order valence-corrected chi connectivity index (χ0v) is 11.6. The zero-order chi connectivity index (χ0) is 12.5. The Kier molecular flexibility index (Phi) is 3.79. The van der Waals surface area contributed by atoms with Gasteiger partial charge in [0.1, 0.15) is 22.7 Å². The van der Waals surface area contributed by atoms with E-state index in [9.17, 15) is 8.42 Å². The predicted octanol–water partition coefficient (Wildman–Crippen LogP) is 1.05. The van der Waals surface area contributed by atoms with Crippen LogP contribution in [-0.4, -0.2) is 48.1 Å². The molecule has 1 aromatic heterocycles. The van der Waals surface area contributed by atoms with Crippen molar-refractivity contribution in [2.45, 2.75) is 5.37 Å². The van der Waals surface area contributed by atoms with Gasteiger partial charge in [-0.2, -0.15) is 11.8 Å². The molecule has 1 fully saturated rings. The third kappa shape index (κ3) is 3.02. The Morgan fingerprint density at radius 3 is 2.94 bits per heavy atom. The molecular formula is C9H12ClN3O2S2. The van der Waals surface area contributed by atoms with Crippen LogP contribution in [0.15, 0.2) is 12.4 Å². The smallest absolute Gasteiger partial charge is 0.169 e. The molecule has 94 valence electrons. The molecule has 0 amide bonds. The van der Waals surface area contributed by atoms with Crippen LogP contribution < -0.4 is 4.90 Å². The van der Waals surface area contributed by atoms with Crippen molar-refractivity contribution < 1.29 is 8.42 Å². The summed E-state index contributed by atoms with van der Waals surface area (Å²) in [7, 11) is -3.13. The molecule has 1 aliphatic rings. The molecule has 1 atom stereocenters. The van der Waals surface area contributed by atoms with Gasteiger partial charge in [-0.1, -0.05) is 11.6 Å². The fourth-order valence-electron chi connectivity index (χ4n) is 1.68. The average molecular weight is 294 g/mol. The van der Waals surface area contributed by atoms with Crippen molar-refractivity contribution in [1.82, 2.24) is 9.97 Å². The molecular weight excluding hydrogens is 282 g/mol. The van der Waals surface area contributed by atoms with Gasteiger partial charge in [0.15, 0.2) is 9.84 Å². The number of rotatable bonds is 2. The Labute approximate surface area is 110 Å². The number of thioether (sulfide) groups is 1. The van der Waals surface area contributed by atoms with E-state index in [1.165, 1.54) is 12.6 Å². The van der Waals surface area contributed by atoms with E-state index >= 15 is 0 Å². The van der Waals surface area contributed by atoms with E-state index in [0.29, 0.717) is 23.3 Å². The van der Waals surface area contributed by atoms with Gasteiger partial charge in [-0.05, 0) is 0 Å². The predicted molar refractivity (Wildman–Crippen MR) is 70.3 cm³/mol. The number of halogens is 1. The van der Waals surface area contributed by atoms with Crippen molar-refractivity contribution in [3.8, 4) is 0 Å². The van der Waals surface area contributed by atoms with Gasteiger partial charge >= 0.3 is 0 Å². The second kappa shape index (κ2) is 4.99. The molecule has 0 aliphatic carbocycles. The maximum Gasteiger partial charge on any atom is 0.169 e. The molecule has 8 heteroatoms. The first-order valence-electron chi connectivity index (χ1n) is 4.99. The minimum Gasteiger partial charge on any atom is -0.338 e. The first-order valence-corrected chi connectivity index (χ1v) is 8.48. The average Bonchev–Trinajstić information content (AvgIpc) is 2.28. The van der Waals surface area contributed by atoms with E-state index in [1.807, 2.05) is 0 Å². The van der Waals surface area contributed by atoms with Crippen LogP contribution >= 0.6 is 23.4 Å². The van der Waals surface area contributed by atoms with E-state index in [2.05, 4.69) is 9.97 Å². The lowest BCUT2D eigenvalue weighted by Gasteiger charge is -2.34. The van der Waals surface area contributed by atoms with Gasteiger partial charge in [-0.25, -0.2) is 18.4 Å². The largest absolute Gasteiger partial charge is 0.338 e. The third-order valence-corrected chi connectivity index (χ3v) is 5.34. The van der Waals surface area contributed by atoms with E-state index in [1.54, 1.807) is 22.7 Å². The molecule has 0 radical (unpaired) electrons. The number of sulfone groups is 1. The first kappa shape index (κ1) is 12.9. The molecule has 2 heterocycles. The molecule has 0 aromatic carbocycles. The summed E-state index contributed by atoms with van der Waals surface area (Å²) in [4.78, 5) is 9.66. The second-order valence-electron chi connectivity index (χ2n) is 3.75. The van der Waals surface area contributed by atoms with Gasteiger partial charge in [-0.15, -0.1) is 0 Å². The molecule has 0 bridgehead atoms. The number of aromatic nitrogens is 2. The standard InChI is InChI=1S/C9H12ClN3O2S2/c1-17(14,15)9-5-16-3-2-13(9)8-4-7(10)11-6-12-8/h4,6,9H,2-3,5H2,1H3. The highest BCUT2D eigenvalue weighted by Gasteiger charge is 2.31. The minimum atomic E-state index is -3.13. The van der Waals surface area contributed by atoms with Gasteiger partial charge in [-0.3, -0.25) is 0 Å². The Morgan fingerprint density at radius 1 is 1.53 bits per heavy atom. The van der Waals surface area contributed by atoms with E-state index in [4.69, 9.17) is 11.6 Å². The molecule has 5 nitrogen and oxygen atoms in total. The quantitative estimate of drug-likeness (QED) is 0.760. The topological polar surface area (TPSA) is 63.2 Å². The van der Waals surface area contributed by atoms with Crippen molar-refractivity contribution in [2.75, 3.05) is 29.2 Å². The van der Waals surface area contributed by atoms with Crippen LogP contribution in [0.3, 0.4) is 0 Å². The highest BCUT2D eigenvalue weighted by Crippen LogP contribution is 2.25. The summed E-state index contributed by atoms with van der Waals surface area (Å²) in [6.45, 7) is 0.649. The second-order valence-corrected chi connectivity index (χ2v) is 7.49. The lowest BCUT2D eigenvalue weighted by Crippen LogP contribution is -2.47. The maximum atomic E-state index is 11.7. The van der Waals surface area contributed by atoms with Gasteiger partial charge in [0.25, 0.3) is 0 Å². The van der Waals surface area contributed by atoms with Crippen LogP contribution in [0, 0.1) is 0 Å². The fraction of sp³-hybridized carbons (Fsp3) is 0.556. The van der Waals surface area contributed by atoms with E-state index in [-0.39, 0.29) is 0 Å². The van der Waals surface area contributed by atoms with Crippen molar-refractivity contribution in [3.05, 3.63) is 17.5 Å². The summed E-state index contributed by atoms with van der Waals surface area (Å²) in [5.41, 5.74) is 0. The van der Waals surface area contributed by atoms with Crippen LogP contribution in [0.5, 0.6) is 0 Å². The Balaban J connectivity index is 2.34. The highest BCUT2D eigenvalue weighted by molar-refractivity contribution is 8.01. The molecule has 1 saturated heterocycles. The molecule has 1 unspecified atom stereocenters. The summed E-state index contributed by atoms with van der Waals surface area (Å²) in [6.07, 6.45) is 2.60. The van der Waals surface area contributed by atoms with Crippen LogP contribution in [0.25, 0.3) is 0 Å². The van der Waals surface area contributed by atoms with Gasteiger partial charge in [0, 0.05) is 30.4 Å². The summed E-state index contributed by atoms with van der Waals surface area (Å²) in [5.74, 6) is 2.01. The Hall–Kier alpha value is -0.530. The maximum absolute atomic E-state index is 11.7. The van der Waals surface area contributed by atoms with Crippen LogP contribution in [-0.2, 0) is 9.84 Å². The summed E-state index contributed by atoms with van der Waals surface area (Å²) in [5, 5.41) is -0.215. The van der Waals surface area contributed by atoms with Gasteiger partial charge in [0.2, 0.25) is 0 Å². The number of anilines is 1. The van der Waals surface area contributed by atoms with Crippen molar-refractivity contribution in [2.24, 2.45) is 0 Å². The summed E-state index contributed by atoms with van der Waals surface area (Å²) in [6, 6.07) is 1.59. The number of nitrogens with zero attached hydrogens (tertiary/aromatic N) is 3. The molecule has 0 N–H and O–H groups in total. The lowest BCUT2D eigenvalue weighted by molar-refractivity contribution is 0.583. The normalized spacial score (nSPS) is 21.5. The van der Waals surface area contributed by atoms with Crippen LogP contribution in [0.2, 0.25) is 5.15 Å².